The van der Waals surface area contributed by atoms with Crippen LogP contribution in [0.3, 0.4) is 0 Å². The highest BCUT2D eigenvalue weighted by molar-refractivity contribution is 14.1. The molecule has 2 fully saturated rings. The number of carbonyl (C=O) groups excluding carboxylic acids is 1. The standard InChI is InChI=1S/C28H35IN6O3/c1-2-3-15-38-27(36)32-24-20-9-5-4-8-19(20)17-28(24)11-13-34(14-12-28)21-18-30-23-25(29)33-35(26(23)31-21)22-10-6-7-16-37-22/h4-5,8-9,18,22,24H,2-3,6-7,10-17H2,1H3,(H,32,36)/t22?,24-/m1/s1. The largest absolute Gasteiger partial charge is 0.450 e. The molecule has 1 spiro atoms. The SMILES string of the molecule is CCCCOC(=O)N[C@@H]1c2ccccc2CC12CCN(c1cnc3c(I)nn(C4CCCCO4)c3n1)CC2. The predicted octanol–water partition coefficient (Wildman–Crippen LogP) is 5.54. The fourth-order valence-corrected chi connectivity index (χ4v) is 6.88. The molecule has 2 aliphatic heterocycles. The molecular formula is C28H35IN6O3. The fraction of sp³-hybridized carbons (Fsp3) is 0.571. The summed E-state index contributed by atoms with van der Waals surface area (Å²) in [6.45, 7) is 5.01. The lowest BCUT2D eigenvalue weighted by Gasteiger charge is -2.43. The Balaban J connectivity index is 1.21. The third kappa shape index (κ3) is 4.85. The number of ether oxygens (including phenoxy) is 2. The van der Waals surface area contributed by atoms with Gasteiger partial charge >= 0.3 is 6.09 Å². The summed E-state index contributed by atoms with van der Waals surface area (Å²) in [7, 11) is 0. The first-order chi connectivity index (χ1) is 18.6. The Kier molecular flexibility index (Phi) is 7.43. The first-order valence-corrected chi connectivity index (χ1v) is 14.9. The van der Waals surface area contributed by atoms with Crippen LogP contribution in [0.2, 0.25) is 0 Å². The van der Waals surface area contributed by atoms with Gasteiger partial charge in [0, 0.05) is 25.1 Å². The van der Waals surface area contributed by atoms with Crippen LogP contribution in [0.1, 0.15) is 75.3 Å². The van der Waals surface area contributed by atoms with Crippen molar-refractivity contribution >= 4 is 45.7 Å². The van der Waals surface area contributed by atoms with Crippen molar-refractivity contribution in [3.8, 4) is 0 Å². The number of carbonyl (C=O) groups is 1. The minimum Gasteiger partial charge on any atom is -0.450 e. The zero-order valence-corrected chi connectivity index (χ0v) is 24.0. The van der Waals surface area contributed by atoms with Crippen LogP contribution in [0, 0.1) is 9.12 Å². The molecule has 10 heteroatoms. The van der Waals surface area contributed by atoms with Gasteiger partial charge in [0.1, 0.15) is 11.3 Å². The van der Waals surface area contributed by atoms with E-state index in [4.69, 9.17) is 24.5 Å². The first-order valence-electron chi connectivity index (χ1n) is 13.9. The molecule has 4 heterocycles. The Labute approximate surface area is 236 Å². The fourth-order valence-electron chi connectivity index (χ4n) is 6.27. The van der Waals surface area contributed by atoms with Crippen molar-refractivity contribution < 1.29 is 14.3 Å². The Bertz CT molecular complexity index is 1300. The number of piperidine rings is 1. The summed E-state index contributed by atoms with van der Waals surface area (Å²) >= 11 is 2.24. The molecule has 2 atom stereocenters. The molecule has 2 saturated heterocycles. The molecule has 1 aromatic carbocycles. The third-order valence-corrected chi connectivity index (χ3v) is 9.10. The topological polar surface area (TPSA) is 94.4 Å². The van der Waals surface area contributed by atoms with Gasteiger partial charge < -0.3 is 19.7 Å². The number of anilines is 1. The highest BCUT2D eigenvalue weighted by Gasteiger charge is 2.48. The van der Waals surface area contributed by atoms with Crippen LogP contribution < -0.4 is 10.2 Å². The molecule has 2 aromatic heterocycles. The van der Waals surface area contributed by atoms with E-state index in [2.05, 4.69) is 64.0 Å². The van der Waals surface area contributed by atoms with Crippen LogP contribution in [0.25, 0.3) is 11.2 Å². The van der Waals surface area contributed by atoms with E-state index in [0.29, 0.717) is 6.61 Å². The monoisotopic (exact) mass is 630 g/mol. The number of aromatic nitrogens is 4. The van der Waals surface area contributed by atoms with E-state index in [-0.39, 0.29) is 23.8 Å². The Morgan fingerprint density at radius 3 is 2.89 bits per heavy atom. The number of amides is 1. The van der Waals surface area contributed by atoms with Crippen LogP contribution in [0.15, 0.2) is 30.5 Å². The van der Waals surface area contributed by atoms with Crippen molar-refractivity contribution in [2.24, 2.45) is 5.41 Å². The summed E-state index contributed by atoms with van der Waals surface area (Å²) in [5.74, 6) is 0.875. The molecule has 1 amide bonds. The zero-order valence-electron chi connectivity index (χ0n) is 21.9. The van der Waals surface area contributed by atoms with Crippen LogP contribution in [0.5, 0.6) is 0 Å². The number of halogens is 1. The number of nitrogens with one attached hydrogen (secondary N) is 1. The molecule has 1 N–H and O–H groups in total. The van der Waals surface area contributed by atoms with Crippen molar-refractivity contribution in [3.63, 3.8) is 0 Å². The maximum absolute atomic E-state index is 12.7. The summed E-state index contributed by atoms with van der Waals surface area (Å²) in [5, 5.41) is 7.97. The van der Waals surface area contributed by atoms with Gasteiger partial charge in [-0.25, -0.2) is 19.4 Å². The second-order valence-corrected chi connectivity index (χ2v) is 11.8. The maximum Gasteiger partial charge on any atom is 0.407 e. The highest BCUT2D eigenvalue weighted by Crippen LogP contribution is 2.52. The normalized spacial score (nSPS) is 22.5. The van der Waals surface area contributed by atoms with Crippen molar-refractivity contribution in [2.45, 2.75) is 70.6 Å². The van der Waals surface area contributed by atoms with E-state index in [1.807, 2.05) is 10.9 Å². The number of unbranched alkanes of at least 4 members (excludes halogenated alkanes) is 1. The van der Waals surface area contributed by atoms with Gasteiger partial charge in [-0.2, -0.15) is 5.10 Å². The van der Waals surface area contributed by atoms with Crippen LogP contribution in [-0.4, -0.2) is 52.1 Å². The number of nitrogens with zero attached hydrogens (tertiary/aromatic N) is 5. The van der Waals surface area contributed by atoms with Gasteiger partial charge in [-0.15, -0.1) is 0 Å². The Hall–Kier alpha value is -2.47. The van der Waals surface area contributed by atoms with E-state index >= 15 is 0 Å². The lowest BCUT2D eigenvalue weighted by atomic mass is 9.72. The Morgan fingerprint density at radius 2 is 2.11 bits per heavy atom. The highest BCUT2D eigenvalue weighted by atomic mass is 127. The molecule has 1 unspecified atom stereocenters. The van der Waals surface area contributed by atoms with Crippen molar-refractivity contribution in [1.29, 1.82) is 0 Å². The van der Waals surface area contributed by atoms with Crippen LogP contribution >= 0.6 is 22.6 Å². The average molecular weight is 631 g/mol. The summed E-state index contributed by atoms with van der Waals surface area (Å²) in [6.07, 6.45) is 9.40. The molecular weight excluding hydrogens is 595 g/mol. The quantitative estimate of drug-likeness (QED) is 0.283. The number of rotatable bonds is 6. The van der Waals surface area contributed by atoms with Gasteiger partial charge in [0.2, 0.25) is 0 Å². The number of hydrogen-bond donors (Lipinski definition) is 1. The van der Waals surface area contributed by atoms with Crippen LogP contribution in [0.4, 0.5) is 10.6 Å². The molecule has 202 valence electrons. The summed E-state index contributed by atoms with van der Waals surface area (Å²) in [4.78, 5) is 24.8. The lowest BCUT2D eigenvalue weighted by Crippen LogP contribution is -2.47. The van der Waals surface area contributed by atoms with E-state index < -0.39 is 0 Å². The van der Waals surface area contributed by atoms with Gasteiger partial charge in [-0.1, -0.05) is 37.6 Å². The molecule has 3 aromatic rings. The van der Waals surface area contributed by atoms with Gasteiger partial charge in [0.15, 0.2) is 15.6 Å². The number of alkyl carbamates (subject to hydrolysis) is 1. The lowest BCUT2D eigenvalue weighted by molar-refractivity contribution is -0.0372. The molecule has 38 heavy (non-hydrogen) atoms. The van der Waals surface area contributed by atoms with E-state index in [0.717, 1.165) is 91.7 Å². The van der Waals surface area contributed by atoms with Crippen molar-refractivity contribution in [1.82, 2.24) is 25.1 Å². The van der Waals surface area contributed by atoms with Crippen molar-refractivity contribution in [2.75, 3.05) is 31.2 Å². The van der Waals surface area contributed by atoms with Crippen molar-refractivity contribution in [3.05, 3.63) is 45.3 Å². The molecule has 9 nitrogen and oxygen atoms in total. The molecule has 6 rings (SSSR count). The molecule has 0 bridgehead atoms. The first kappa shape index (κ1) is 25.8. The second kappa shape index (κ2) is 11.0. The van der Waals surface area contributed by atoms with Gasteiger partial charge in [-0.3, -0.25) is 0 Å². The minimum absolute atomic E-state index is 0.0332. The Morgan fingerprint density at radius 1 is 1.26 bits per heavy atom. The summed E-state index contributed by atoms with van der Waals surface area (Å²) in [5.41, 5.74) is 4.14. The third-order valence-electron chi connectivity index (χ3n) is 8.38. The molecule has 1 aliphatic carbocycles. The number of fused-ring (bicyclic) bond motifs is 2. The average Bonchev–Trinajstić information content (AvgIpc) is 3.43. The van der Waals surface area contributed by atoms with E-state index in [1.54, 1.807) is 0 Å². The van der Waals surface area contributed by atoms with Crippen LogP contribution in [-0.2, 0) is 15.9 Å². The summed E-state index contributed by atoms with van der Waals surface area (Å²) < 4.78 is 14.3. The second-order valence-electron chi connectivity index (χ2n) is 10.7. The molecule has 0 radical (unpaired) electrons. The zero-order chi connectivity index (χ0) is 26.1. The maximum atomic E-state index is 12.7. The predicted molar refractivity (Wildman–Crippen MR) is 153 cm³/mol. The molecule has 0 saturated carbocycles. The number of hydrogen-bond acceptors (Lipinski definition) is 7. The van der Waals surface area contributed by atoms with Gasteiger partial charge in [0.25, 0.3) is 0 Å². The smallest absolute Gasteiger partial charge is 0.407 e. The van der Waals surface area contributed by atoms with E-state index in [9.17, 15) is 4.79 Å². The minimum atomic E-state index is -0.314. The number of benzene rings is 1. The van der Waals surface area contributed by atoms with Gasteiger partial charge in [-0.05, 0) is 78.7 Å². The van der Waals surface area contributed by atoms with Gasteiger partial charge in [0.05, 0.1) is 18.8 Å². The molecule has 3 aliphatic rings. The van der Waals surface area contributed by atoms with E-state index in [1.165, 1.54) is 11.1 Å². The summed E-state index contributed by atoms with van der Waals surface area (Å²) in [6, 6.07) is 8.46.